The Balaban J connectivity index is 0.00000122. The van der Waals surface area contributed by atoms with Crippen LogP contribution < -0.4 is 5.32 Å². The fourth-order valence-corrected chi connectivity index (χ4v) is 11.6. The van der Waals surface area contributed by atoms with E-state index in [9.17, 15) is 14.4 Å². The Morgan fingerprint density at radius 3 is 1.30 bits per heavy atom. The molecule has 4 bridgehead atoms. The van der Waals surface area contributed by atoms with E-state index < -0.39 is 113 Å². The summed E-state index contributed by atoms with van der Waals surface area (Å²) in [6.07, 6.45) is -11.0. The Bertz CT molecular complexity index is 1890. The molecule has 4 saturated heterocycles. The molecule has 37 radical (unpaired) electrons. The number of fused-ring (bicyclic) bond motifs is 4. The van der Waals surface area contributed by atoms with E-state index >= 15 is 0 Å². The number of carbonyl (C=O) groups is 3. The number of amides is 3. The van der Waals surface area contributed by atoms with Crippen LogP contribution >= 0.6 is 0 Å². The summed E-state index contributed by atoms with van der Waals surface area (Å²) >= 11 is 0. The van der Waals surface area contributed by atoms with Gasteiger partial charge < -0.3 is 39.3 Å². The lowest BCUT2D eigenvalue weighted by Crippen LogP contribution is -2.90. The lowest BCUT2D eigenvalue weighted by molar-refractivity contribution is 0.0223. The van der Waals surface area contributed by atoms with Crippen molar-refractivity contribution in [3.05, 3.63) is 35.9 Å². The molecule has 369 valence electrons. The third-order valence-electron chi connectivity index (χ3n) is 14.9. The van der Waals surface area contributed by atoms with Crippen molar-refractivity contribution in [2.24, 2.45) is 0 Å². The summed E-state index contributed by atoms with van der Waals surface area (Å²) in [4.78, 5) is 42.4. The molecule has 4 unspecified atom stereocenters. The molecule has 2 N–H and O–H groups in total. The van der Waals surface area contributed by atoms with E-state index in [4.69, 9.17) is 159 Å². The standard InChI is InChI=1S/C20H28N2O4.C12H22N2O2.CH4O.2CH4.B35/c1-20(2,3)26-18(23)21-12-11-16-9-10-17(13-21)22(16)19(24)25-14-15-7-5-4-6-8-15;1-12(2,3)16-11(15)14-7-6-9-4-5-10(8-14)13-9;1-2;;;1-19-28(18)33(29(20(2)3)21(4)5)35(32(26(14)15)27(16)17)34(30(22(6)7)23(8)9)31(24(10)11)25(12)13/h4-8,16-17H,9-14H2,1-3H3;9-10,13H,4-8H2,1-3H3;2H,1H3;2*1H4;. The predicted octanol–water partition coefficient (Wildman–Crippen LogP) is -6.90. The summed E-state index contributed by atoms with van der Waals surface area (Å²) in [5.41, 5.74) is 0.0606. The minimum absolute atomic E-state index is 0. The first kappa shape index (κ1) is 80.2. The van der Waals surface area contributed by atoms with E-state index in [1.54, 1.807) is 4.90 Å². The van der Waals surface area contributed by atoms with Crippen molar-refractivity contribution in [2.75, 3.05) is 33.3 Å². The summed E-state index contributed by atoms with van der Waals surface area (Å²) in [7, 11) is 113. The van der Waals surface area contributed by atoms with E-state index in [2.05, 4.69) is 5.32 Å². The fraction of sp³-hybridized carbons (Fsp3) is 0.743. The van der Waals surface area contributed by atoms with Crippen LogP contribution in [0.15, 0.2) is 30.3 Å². The third kappa shape index (κ3) is 25.5. The molecule has 46 heteroatoms. The van der Waals surface area contributed by atoms with E-state index in [0.717, 1.165) is 51.4 Å². The number of ether oxygens (including phenoxy) is 3. The van der Waals surface area contributed by atoms with E-state index in [1.807, 2.05) is 81.7 Å². The van der Waals surface area contributed by atoms with Crippen LogP contribution in [0, 0.1) is 0 Å². The van der Waals surface area contributed by atoms with Crippen molar-refractivity contribution in [3.8, 4) is 0 Å². The van der Waals surface area contributed by atoms with Crippen molar-refractivity contribution < 1.29 is 33.7 Å². The zero-order valence-electron chi connectivity index (χ0n) is 47.9. The number of aliphatic hydroxyl groups excluding tert-OH is 1. The Labute approximate surface area is 523 Å². The molecule has 81 heavy (non-hydrogen) atoms. The van der Waals surface area contributed by atoms with Crippen LogP contribution in [0.1, 0.15) is 100 Å². The maximum Gasteiger partial charge on any atom is 0.410 e. The van der Waals surface area contributed by atoms with Crippen molar-refractivity contribution in [2.45, 2.75) is 137 Å². The number of hydrogen-bond acceptors (Lipinski definition) is 8. The number of carbonyl (C=O) groups excluding carboxylic acids is 3. The first-order chi connectivity index (χ1) is 36.7. The fourth-order valence-electron chi connectivity index (χ4n) is 11.6. The van der Waals surface area contributed by atoms with Crippen LogP contribution in [-0.2, 0) is 20.8 Å². The molecule has 1 aromatic rings. The molecule has 0 aliphatic carbocycles. The van der Waals surface area contributed by atoms with Gasteiger partial charge in [0.15, 0.2) is 0 Å². The van der Waals surface area contributed by atoms with E-state index in [0.29, 0.717) is 25.2 Å². The average Bonchev–Trinajstić information content (AvgIpc) is 3.82. The SMILES string of the molecule is C.C.CC(C)(C)OC(=O)N1CCC2CCC(C1)N2.CC(C)(C)OC(=O)N1CCC2CCC(C1)N2C(=O)OCc1ccccc1.CO.[B][B]B([B])B(B(B([B])[B])B([B])[B])B(B(B([B])[B])B([B])[B])B(B(B([B])[B])B([B])[B])B(B([B])[B])B([B])[B]. The van der Waals surface area contributed by atoms with Gasteiger partial charge in [0.05, 0.1) is 6.04 Å². The molecular weight excluding hydrogens is 967 g/mol. The van der Waals surface area contributed by atoms with Gasteiger partial charge in [-0.1, -0.05) is 45.2 Å². The molecule has 4 fully saturated rings. The van der Waals surface area contributed by atoms with E-state index in [1.165, 1.54) is 19.9 Å². The molecule has 0 spiro atoms. The van der Waals surface area contributed by atoms with Crippen LogP contribution in [0.2, 0.25) is 0 Å². The number of hydrogen-bond donors (Lipinski definition) is 2. The van der Waals surface area contributed by atoms with Gasteiger partial charge in [-0.2, -0.15) is 0 Å². The molecule has 5 rings (SSSR count). The van der Waals surface area contributed by atoms with Crippen molar-refractivity contribution in [1.29, 1.82) is 0 Å². The van der Waals surface area contributed by atoms with Gasteiger partial charge in [0, 0.05) is 300 Å². The highest BCUT2D eigenvalue weighted by Gasteiger charge is 2.55. The second-order valence-corrected chi connectivity index (χ2v) is 23.3. The zero-order valence-corrected chi connectivity index (χ0v) is 47.9. The highest BCUT2D eigenvalue weighted by molar-refractivity contribution is 8.30. The Morgan fingerprint density at radius 1 is 0.519 bits per heavy atom. The highest BCUT2D eigenvalue weighted by Crippen LogP contribution is 2.32. The van der Waals surface area contributed by atoms with Gasteiger partial charge in [-0.25, -0.2) is 14.4 Å². The average molecular weight is 1030 g/mol. The Hall–Kier alpha value is -0.777. The van der Waals surface area contributed by atoms with Crippen LogP contribution in [-0.4, -0.2) is 355 Å². The summed E-state index contributed by atoms with van der Waals surface area (Å²) in [6.45, 7) is 14.3. The van der Waals surface area contributed by atoms with Crippen molar-refractivity contribution in [1.82, 2.24) is 20.0 Å². The van der Waals surface area contributed by atoms with Gasteiger partial charge in [-0.3, -0.25) is 0 Å². The first-order valence-electron chi connectivity index (χ1n) is 27.3. The Morgan fingerprint density at radius 2 is 0.889 bits per heavy atom. The smallest absolute Gasteiger partial charge is 0.410 e. The molecule has 0 aromatic heterocycles. The van der Waals surface area contributed by atoms with Gasteiger partial charge in [-0.15, -0.1) is 0 Å². The summed E-state index contributed by atoms with van der Waals surface area (Å²) in [5.74, 6) is 0. The largest absolute Gasteiger partial charge is 0.445 e. The number of rotatable bonds is 18. The van der Waals surface area contributed by atoms with Gasteiger partial charge in [0.25, 0.3) is 0 Å². The Kier molecular flexibility index (Phi) is 37.5. The number of nitrogens with zero attached hydrogens (tertiary/aromatic N) is 3. The van der Waals surface area contributed by atoms with Crippen LogP contribution in [0.5, 0.6) is 0 Å². The molecule has 3 amide bonds. The molecule has 0 saturated carbocycles. The van der Waals surface area contributed by atoms with Crippen molar-refractivity contribution in [3.63, 3.8) is 0 Å². The normalized spacial score (nSPS) is 17.4. The number of aliphatic hydroxyl groups is 1. The second-order valence-electron chi connectivity index (χ2n) is 23.3. The number of benzene rings is 1. The lowest BCUT2D eigenvalue weighted by Gasteiger charge is -2.52. The quantitative estimate of drug-likeness (QED) is 0.110. The van der Waals surface area contributed by atoms with Gasteiger partial charge in [0.2, 0.25) is 0 Å². The summed E-state index contributed by atoms with van der Waals surface area (Å²) in [6, 6.07) is 10.9. The summed E-state index contributed by atoms with van der Waals surface area (Å²) in [5, 5.41) is 10.6. The minimum atomic E-state index is -1.13. The third-order valence-corrected chi connectivity index (χ3v) is 14.9. The molecule has 1 aromatic carbocycles. The molecule has 4 heterocycles. The first-order valence-corrected chi connectivity index (χ1v) is 27.3. The molecule has 4 aliphatic heterocycles. The van der Waals surface area contributed by atoms with Crippen LogP contribution in [0.25, 0.3) is 0 Å². The number of likely N-dealkylation sites (tertiary alicyclic amines) is 2. The highest BCUT2D eigenvalue weighted by atomic mass is 16.6. The molecule has 4 atom stereocenters. The molecule has 11 nitrogen and oxygen atoms in total. The minimum Gasteiger partial charge on any atom is -0.445 e. The van der Waals surface area contributed by atoms with E-state index in [-0.39, 0.29) is 51.8 Å². The monoisotopic (exact) mass is 1040 g/mol. The molecular formula is C35H62B35N4O7. The summed E-state index contributed by atoms with van der Waals surface area (Å²) < 4.78 is 16.4. The maximum absolute atomic E-state index is 12.7. The van der Waals surface area contributed by atoms with Crippen molar-refractivity contribution >= 4 is 267 Å². The van der Waals surface area contributed by atoms with Crippen LogP contribution in [0.3, 0.4) is 0 Å². The number of nitrogens with one attached hydrogen (secondary N) is 1. The van der Waals surface area contributed by atoms with Gasteiger partial charge in [0.1, 0.15) is 17.8 Å². The maximum atomic E-state index is 12.7. The molecule has 4 aliphatic rings. The lowest BCUT2D eigenvalue weighted by atomic mass is 8.29. The van der Waals surface area contributed by atoms with Gasteiger partial charge >= 0.3 is 18.3 Å². The zero-order chi connectivity index (χ0) is 60.4. The topological polar surface area (TPSA) is 121 Å². The van der Waals surface area contributed by atoms with Gasteiger partial charge in [-0.05, 0) is 85.6 Å². The second kappa shape index (κ2) is 37.8. The van der Waals surface area contributed by atoms with Crippen LogP contribution in [0.4, 0.5) is 14.4 Å². The predicted molar refractivity (Wildman–Crippen MR) is 383 cm³/mol.